The summed E-state index contributed by atoms with van der Waals surface area (Å²) in [6.07, 6.45) is 0. The van der Waals surface area contributed by atoms with E-state index in [1.165, 1.54) is 0 Å². The maximum absolute atomic E-state index is 9.41. The van der Waals surface area contributed by atoms with Gasteiger partial charge in [0.1, 0.15) is 0 Å². The third-order valence-electron chi connectivity index (χ3n) is 0.0752. The van der Waals surface area contributed by atoms with Gasteiger partial charge in [0.15, 0.2) is 0 Å². The second-order valence-corrected chi connectivity index (χ2v) is 2.88. The summed E-state index contributed by atoms with van der Waals surface area (Å²) < 4.78 is 22.0. The maximum atomic E-state index is 9.41. The Morgan fingerprint density at radius 3 is 1.67 bits per heavy atom. The van der Waals surface area contributed by atoms with Crippen LogP contribution >= 0.6 is 22.5 Å². The number of hydrogen-bond acceptors (Lipinski definition) is 3. The first-order chi connectivity index (χ1) is 2.56. The average molecular weight is 151 g/mol. The quantitative estimate of drug-likeness (QED) is 0.516. The average Bonchev–Trinajstić information content (AvgIpc) is 1.35. The lowest BCUT2D eigenvalue weighted by Gasteiger charge is -1.75. The molecular formula is Cl2O3S. The molecule has 0 aromatic rings. The van der Waals surface area contributed by atoms with Gasteiger partial charge in [-0.1, -0.05) is 0 Å². The Kier molecular flexibility index (Phi) is 2.13. The third-order valence-corrected chi connectivity index (χ3v) is 1.11. The van der Waals surface area contributed by atoms with Crippen LogP contribution in [0.25, 0.3) is 0 Å². The Morgan fingerprint density at radius 1 is 1.50 bits per heavy atom. The van der Waals surface area contributed by atoms with Crippen LogP contribution in [0.1, 0.15) is 0 Å². The van der Waals surface area contributed by atoms with Gasteiger partial charge in [-0.05, 0) is 0 Å². The van der Waals surface area contributed by atoms with E-state index in [9.17, 15) is 8.42 Å². The van der Waals surface area contributed by atoms with E-state index < -0.39 is 9.33 Å². The third kappa shape index (κ3) is 4.49. The molecule has 0 amide bonds. The molecule has 38 valence electrons. The van der Waals surface area contributed by atoms with Gasteiger partial charge in [0, 0.05) is 0 Å². The van der Waals surface area contributed by atoms with E-state index in [2.05, 4.69) is 26.3 Å². The van der Waals surface area contributed by atoms with Crippen LogP contribution in [0, 0.1) is 0 Å². The summed E-state index contributed by atoms with van der Waals surface area (Å²) in [5.41, 5.74) is 0. The van der Waals surface area contributed by atoms with Gasteiger partial charge in [0.25, 0.3) is 0 Å². The Bertz CT molecular complexity index is 111. The van der Waals surface area contributed by atoms with E-state index in [1.54, 1.807) is 0 Å². The highest BCUT2D eigenvalue weighted by Gasteiger charge is 1.98. The van der Waals surface area contributed by atoms with Gasteiger partial charge in [0.2, 0.25) is 0 Å². The van der Waals surface area contributed by atoms with Gasteiger partial charge in [-0.25, -0.2) is 0 Å². The van der Waals surface area contributed by atoms with Crippen molar-refractivity contribution in [2.75, 3.05) is 0 Å². The normalized spacial score (nSPS) is 11.7. The topological polar surface area (TPSA) is 43.4 Å². The molecule has 6 heteroatoms. The minimum absolute atomic E-state index is 3.15. The Balaban J connectivity index is 3.85. The lowest BCUT2D eigenvalue weighted by atomic mass is 15.8. The lowest BCUT2D eigenvalue weighted by Crippen LogP contribution is -1.82. The van der Waals surface area contributed by atoms with Crippen LogP contribution < -0.4 is 0 Å². The zero-order chi connectivity index (χ0) is 5.21. The second kappa shape index (κ2) is 1.97. The van der Waals surface area contributed by atoms with Gasteiger partial charge >= 0.3 is 9.33 Å². The first-order valence-corrected chi connectivity index (χ1v) is 3.35. The molecule has 0 aliphatic carbocycles. The van der Waals surface area contributed by atoms with E-state index in [4.69, 9.17) is 0 Å². The minimum Gasteiger partial charge on any atom is -0.180 e. The Hall–Kier alpha value is 0.490. The van der Waals surface area contributed by atoms with Crippen LogP contribution in [0.3, 0.4) is 0 Å². The molecule has 0 heterocycles. The van der Waals surface area contributed by atoms with Crippen molar-refractivity contribution >= 4 is 31.9 Å². The highest BCUT2D eigenvalue weighted by Crippen LogP contribution is 1.99. The summed E-state index contributed by atoms with van der Waals surface area (Å²) in [4.78, 5) is 0. The molecule has 0 aliphatic heterocycles. The van der Waals surface area contributed by atoms with Crippen LogP contribution in [0.4, 0.5) is 0 Å². The molecular weight excluding hydrogens is 151 g/mol. The summed E-state index contributed by atoms with van der Waals surface area (Å²) in [5.74, 6) is 0. The predicted molar refractivity (Wildman–Crippen MR) is 21.7 cm³/mol. The minimum atomic E-state index is -3.92. The molecule has 0 spiro atoms. The van der Waals surface area contributed by atoms with Crippen molar-refractivity contribution in [1.29, 1.82) is 0 Å². The van der Waals surface area contributed by atoms with Crippen LogP contribution in [-0.4, -0.2) is 8.42 Å². The molecule has 0 fully saturated rings. The molecule has 0 aromatic carbocycles. The molecule has 0 bridgehead atoms. The van der Waals surface area contributed by atoms with E-state index in [0.717, 1.165) is 0 Å². The largest absolute Gasteiger partial charge is 0.371 e. The van der Waals surface area contributed by atoms with Crippen molar-refractivity contribution < 1.29 is 12.2 Å². The van der Waals surface area contributed by atoms with Crippen molar-refractivity contribution in [2.45, 2.75) is 0 Å². The molecule has 0 N–H and O–H groups in total. The van der Waals surface area contributed by atoms with Crippen LogP contribution in [-0.2, 0) is 13.1 Å². The molecule has 0 saturated heterocycles. The fourth-order valence-electron chi connectivity index (χ4n) is 0. The molecule has 0 atom stereocenters. The van der Waals surface area contributed by atoms with E-state index in [0.29, 0.717) is 0 Å². The zero-order valence-corrected chi connectivity index (χ0v) is 4.72. The molecule has 3 nitrogen and oxygen atoms in total. The van der Waals surface area contributed by atoms with Crippen LogP contribution in [0.2, 0.25) is 0 Å². The zero-order valence-electron chi connectivity index (χ0n) is 2.39. The van der Waals surface area contributed by atoms with E-state index in [1.807, 2.05) is 0 Å². The lowest BCUT2D eigenvalue weighted by molar-refractivity contribution is 0.527. The Morgan fingerprint density at radius 2 is 1.67 bits per heavy atom. The van der Waals surface area contributed by atoms with Gasteiger partial charge < -0.3 is 0 Å². The number of hydrogen-bond donors (Lipinski definition) is 0. The van der Waals surface area contributed by atoms with E-state index >= 15 is 0 Å². The van der Waals surface area contributed by atoms with Crippen molar-refractivity contribution in [1.82, 2.24) is 0 Å². The second-order valence-electron chi connectivity index (χ2n) is 0.456. The maximum Gasteiger partial charge on any atom is 0.371 e. The first-order valence-electron chi connectivity index (χ1n) is 0.809. The fraction of sp³-hybridized carbons (Fsp3) is 0. The van der Waals surface area contributed by atoms with Gasteiger partial charge in [-0.2, -0.15) is 8.42 Å². The molecule has 0 unspecified atom stereocenters. The number of halogens is 2. The molecule has 0 saturated carbocycles. The van der Waals surface area contributed by atoms with Gasteiger partial charge in [-0.15, -0.1) is 3.74 Å². The highest BCUT2D eigenvalue weighted by molar-refractivity contribution is 8.10. The SMILES string of the molecule is O=S(=O)(Cl)OCl. The fourth-order valence-corrected chi connectivity index (χ4v) is 0. The summed E-state index contributed by atoms with van der Waals surface area (Å²) in [5, 5.41) is 0. The van der Waals surface area contributed by atoms with Gasteiger partial charge in [0.05, 0.1) is 22.5 Å². The predicted octanol–water partition coefficient (Wildman–Crippen LogP) is 0.640. The van der Waals surface area contributed by atoms with Crippen molar-refractivity contribution in [3.05, 3.63) is 0 Å². The van der Waals surface area contributed by atoms with Crippen LogP contribution in [0.5, 0.6) is 0 Å². The first kappa shape index (κ1) is 6.49. The summed E-state index contributed by atoms with van der Waals surface area (Å²) in [7, 11) is 0.411. The highest BCUT2D eigenvalue weighted by atomic mass is 35.7. The summed E-state index contributed by atoms with van der Waals surface area (Å²) >= 11 is 4.26. The molecule has 0 aromatic heterocycles. The summed E-state index contributed by atoms with van der Waals surface area (Å²) in [6, 6.07) is 0. The van der Waals surface area contributed by atoms with Gasteiger partial charge in [-0.3, -0.25) is 0 Å². The molecule has 6 heavy (non-hydrogen) atoms. The standard InChI is InChI=1S/Cl2O3S/c1-5-6(2,3)4. The monoisotopic (exact) mass is 150 g/mol. The van der Waals surface area contributed by atoms with Crippen LogP contribution in [0.15, 0.2) is 0 Å². The van der Waals surface area contributed by atoms with Crippen molar-refractivity contribution in [2.24, 2.45) is 0 Å². The van der Waals surface area contributed by atoms with E-state index in [-0.39, 0.29) is 0 Å². The number of rotatable bonds is 1. The van der Waals surface area contributed by atoms with Crippen molar-refractivity contribution in [3.8, 4) is 0 Å². The van der Waals surface area contributed by atoms with Crippen molar-refractivity contribution in [3.63, 3.8) is 0 Å². The molecule has 0 radical (unpaired) electrons. The molecule has 0 aliphatic rings. The molecule has 0 rings (SSSR count). The smallest absolute Gasteiger partial charge is 0.180 e. The summed E-state index contributed by atoms with van der Waals surface area (Å²) in [6.45, 7) is 0. The Labute approximate surface area is 44.6 Å².